The predicted octanol–water partition coefficient (Wildman–Crippen LogP) is 3.89. The minimum absolute atomic E-state index is 0.0239. The summed E-state index contributed by atoms with van der Waals surface area (Å²) < 4.78 is 0. The Bertz CT molecular complexity index is 1120. The minimum Gasteiger partial charge on any atom is -0.508 e. The van der Waals surface area contributed by atoms with E-state index in [9.17, 15) is 24.9 Å². The van der Waals surface area contributed by atoms with Crippen molar-refractivity contribution in [1.82, 2.24) is 5.48 Å². The highest BCUT2D eigenvalue weighted by Crippen LogP contribution is 2.34. The quantitative estimate of drug-likeness (QED) is 0.294. The van der Waals surface area contributed by atoms with Crippen molar-refractivity contribution in [3.05, 3.63) is 82.9 Å². The Labute approximate surface area is 184 Å². The number of carbonyl (C=O) groups excluding carboxylic acids is 2. The van der Waals surface area contributed by atoms with Gasteiger partial charge in [-0.2, -0.15) is 0 Å². The van der Waals surface area contributed by atoms with Crippen LogP contribution in [0.15, 0.2) is 60.7 Å². The van der Waals surface area contributed by atoms with Gasteiger partial charge in [-0.15, -0.1) is 0 Å². The highest BCUT2D eigenvalue weighted by molar-refractivity contribution is 6.08. The van der Waals surface area contributed by atoms with Gasteiger partial charge in [-0.25, -0.2) is 5.48 Å². The fourth-order valence-corrected chi connectivity index (χ4v) is 3.29. The van der Waals surface area contributed by atoms with E-state index >= 15 is 0 Å². The van der Waals surface area contributed by atoms with Crippen LogP contribution in [0, 0.1) is 0 Å². The molecule has 3 aromatic rings. The molecule has 0 fully saturated rings. The number of nitrogens with zero attached hydrogens (tertiary/aromatic N) is 1. The molecule has 3 aromatic carbocycles. The minimum atomic E-state index is -0.654. The van der Waals surface area contributed by atoms with E-state index in [0.717, 1.165) is 6.07 Å². The van der Waals surface area contributed by atoms with Gasteiger partial charge in [0.05, 0.1) is 12.1 Å². The number of nitrogens with one attached hydrogen (secondary N) is 1. The van der Waals surface area contributed by atoms with E-state index in [0.29, 0.717) is 16.8 Å². The standard InChI is InChI=1S/C24H24N2O6/c1-14(2)19-11-20(22(29)12-21(19)28)24(31)26(17-7-9-18(27)10-8-17)13-15-3-5-16(6-4-15)23(30)25-32/h3-12,14,27-29,32H,13H2,1-2H3,(H,25,30). The summed E-state index contributed by atoms with van der Waals surface area (Å²) in [7, 11) is 0. The zero-order valence-corrected chi connectivity index (χ0v) is 17.6. The first-order valence-corrected chi connectivity index (χ1v) is 9.91. The summed E-state index contributed by atoms with van der Waals surface area (Å²) in [6, 6.07) is 15.0. The molecule has 0 saturated carbocycles. The number of phenols is 3. The molecule has 0 saturated heterocycles. The molecule has 0 aliphatic rings. The molecule has 8 nitrogen and oxygen atoms in total. The van der Waals surface area contributed by atoms with Gasteiger partial charge in [0.15, 0.2) is 0 Å². The smallest absolute Gasteiger partial charge is 0.274 e. The highest BCUT2D eigenvalue weighted by atomic mass is 16.5. The van der Waals surface area contributed by atoms with Crippen LogP contribution >= 0.6 is 0 Å². The van der Waals surface area contributed by atoms with Crippen LogP contribution in [-0.2, 0) is 6.54 Å². The number of anilines is 1. The van der Waals surface area contributed by atoms with Gasteiger partial charge >= 0.3 is 0 Å². The van der Waals surface area contributed by atoms with E-state index in [1.54, 1.807) is 29.7 Å². The van der Waals surface area contributed by atoms with Gasteiger partial charge in [-0.05, 0) is 59.5 Å². The average Bonchev–Trinajstić information content (AvgIpc) is 2.77. The maximum atomic E-state index is 13.5. The van der Waals surface area contributed by atoms with Gasteiger partial charge in [0.2, 0.25) is 0 Å². The Morgan fingerprint density at radius 2 is 1.53 bits per heavy atom. The molecule has 0 radical (unpaired) electrons. The van der Waals surface area contributed by atoms with Gasteiger partial charge in [0.25, 0.3) is 11.8 Å². The zero-order chi connectivity index (χ0) is 23.4. The van der Waals surface area contributed by atoms with Gasteiger partial charge in [-0.3, -0.25) is 14.8 Å². The second-order valence-corrected chi connectivity index (χ2v) is 7.63. The fraction of sp³-hybridized carbons (Fsp3) is 0.167. The van der Waals surface area contributed by atoms with E-state index in [2.05, 4.69) is 0 Å². The van der Waals surface area contributed by atoms with Crippen molar-refractivity contribution in [2.45, 2.75) is 26.3 Å². The number of hydrogen-bond acceptors (Lipinski definition) is 6. The van der Waals surface area contributed by atoms with E-state index in [1.807, 2.05) is 13.8 Å². The van der Waals surface area contributed by atoms with Gasteiger partial charge in [0, 0.05) is 17.3 Å². The molecule has 0 spiro atoms. The Morgan fingerprint density at radius 1 is 0.906 bits per heavy atom. The summed E-state index contributed by atoms with van der Waals surface area (Å²) in [5, 5.41) is 38.9. The third kappa shape index (κ3) is 4.81. The number of aromatic hydroxyl groups is 3. The molecule has 0 aliphatic carbocycles. The Kier molecular flexibility index (Phi) is 6.65. The first kappa shape index (κ1) is 22.6. The Hall–Kier alpha value is -4.04. The third-order valence-corrected chi connectivity index (χ3v) is 5.06. The molecule has 0 atom stereocenters. The summed E-state index contributed by atoms with van der Waals surface area (Å²) in [6.07, 6.45) is 0. The number of hydrogen-bond donors (Lipinski definition) is 5. The molecule has 2 amide bonds. The van der Waals surface area contributed by atoms with Crippen LogP contribution in [0.2, 0.25) is 0 Å². The van der Waals surface area contributed by atoms with Crippen molar-refractivity contribution in [2.75, 3.05) is 4.90 Å². The van der Waals surface area contributed by atoms with Crippen molar-refractivity contribution in [3.63, 3.8) is 0 Å². The SMILES string of the molecule is CC(C)c1cc(C(=O)N(Cc2ccc(C(=O)NO)cc2)c2ccc(O)cc2)c(O)cc1O. The van der Waals surface area contributed by atoms with Crippen molar-refractivity contribution < 1.29 is 30.1 Å². The van der Waals surface area contributed by atoms with Crippen LogP contribution < -0.4 is 10.4 Å². The second kappa shape index (κ2) is 9.40. The Morgan fingerprint density at radius 3 is 2.09 bits per heavy atom. The normalized spacial score (nSPS) is 10.8. The maximum absolute atomic E-state index is 13.5. The molecule has 0 heterocycles. The highest BCUT2D eigenvalue weighted by Gasteiger charge is 2.24. The van der Waals surface area contributed by atoms with Gasteiger partial charge in [0.1, 0.15) is 17.2 Å². The molecule has 0 aromatic heterocycles. The summed E-state index contributed by atoms with van der Waals surface area (Å²) in [6.45, 7) is 3.83. The molecular weight excluding hydrogens is 412 g/mol. The molecule has 166 valence electrons. The predicted molar refractivity (Wildman–Crippen MR) is 118 cm³/mol. The molecule has 8 heteroatoms. The maximum Gasteiger partial charge on any atom is 0.274 e. The van der Waals surface area contributed by atoms with E-state index in [1.165, 1.54) is 35.2 Å². The van der Waals surface area contributed by atoms with Crippen LogP contribution in [0.1, 0.15) is 51.6 Å². The van der Waals surface area contributed by atoms with Crippen molar-refractivity contribution in [1.29, 1.82) is 0 Å². The summed E-state index contributed by atoms with van der Waals surface area (Å²) in [5.74, 6) is -1.64. The lowest BCUT2D eigenvalue weighted by atomic mass is 9.98. The number of carbonyl (C=O) groups is 2. The number of rotatable bonds is 6. The van der Waals surface area contributed by atoms with E-state index in [4.69, 9.17) is 5.21 Å². The van der Waals surface area contributed by atoms with Crippen LogP contribution in [0.5, 0.6) is 17.2 Å². The largest absolute Gasteiger partial charge is 0.508 e. The Balaban J connectivity index is 2.02. The monoisotopic (exact) mass is 436 g/mol. The molecule has 0 unspecified atom stereocenters. The molecule has 0 aliphatic heterocycles. The van der Waals surface area contributed by atoms with Crippen LogP contribution in [0.3, 0.4) is 0 Å². The first-order chi connectivity index (χ1) is 15.2. The number of benzene rings is 3. The van der Waals surface area contributed by atoms with Gasteiger partial charge in [-0.1, -0.05) is 26.0 Å². The molecule has 0 bridgehead atoms. The summed E-state index contributed by atoms with van der Waals surface area (Å²) >= 11 is 0. The van der Waals surface area contributed by atoms with Crippen molar-refractivity contribution in [2.24, 2.45) is 0 Å². The number of phenolic OH excluding ortho intramolecular Hbond substituents is 3. The average molecular weight is 436 g/mol. The zero-order valence-electron chi connectivity index (χ0n) is 17.6. The van der Waals surface area contributed by atoms with E-state index < -0.39 is 11.8 Å². The fourth-order valence-electron chi connectivity index (χ4n) is 3.29. The summed E-state index contributed by atoms with van der Waals surface area (Å²) in [5.41, 5.74) is 3.52. The van der Waals surface area contributed by atoms with Crippen molar-refractivity contribution in [3.8, 4) is 17.2 Å². The van der Waals surface area contributed by atoms with Crippen LogP contribution in [0.25, 0.3) is 0 Å². The van der Waals surface area contributed by atoms with E-state index in [-0.39, 0.29) is 40.8 Å². The molecule has 5 N–H and O–H groups in total. The van der Waals surface area contributed by atoms with Crippen LogP contribution in [0.4, 0.5) is 5.69 Å². The molecule has 32 heavy (non-hydrogen) atoms. The number of amides is 2. The third-order valence-electron chi connectivity index (χ3n) is 5.06. The first-order valence-electron chi connectivity index (χ1n) is 9.91. The second-order valence-electron chi connectivity index (χ2n) is 7.63. The van der Waals surface area contributed by atoms with Crippen LogP contribution in [-0.4, -0.2) is 32.3 Å². The molecular formula is C24H24N2O6. The lowest BCUT2D eigenvalue weighted by molar-refractivity contribution is 0.0706. The topological polar surface area (TPSA) is 130 Å². The summed E-state index contributed by atoms with van der Waals surface area (Å²) in [4.78, 5) is 26.4. The lowest BCUT2D eigenvalue weighted by Crippen LogP contribution is -2.30. The van der Waals surface area contributed by atoms with Gasteiger partial charge < -0.3 is 20.2 Å². The van der Waals surface area contributed by atoms with Crippen molar-refractivity contribution >= 4 is 17.5 Å². The molecule has 3 rings (SSSR count). The number of hydroxylamine groups is 1. The lowest BCUT2D eigenvalue weighted by Gasteiger charge is -2.24.